The van der Waals surface area contributed by atoms with Gasteiger partial charge in [0, 0.05) is 12.1 Å². The Kier molecular flexibility index (Phi) is 7.97. The number of methoxy groups -OCH3 is 1. The van der Waals surface area contributed by atoms with E-state index in [-0.39, 0.29) is 18.3 Å². The first kappa shape index (κ1) is 22.6. The minimum atomic E-state index is -0.124. The highest BCUT2D eigenvalue weighted by Crippen LogP contribution is 2.34. The molecule has 3 aromatic rings. The van der Waals surface area contributed by atoms with Crippen LogP contribution in [-0.2, 0) is 0 Å². The van der Waals surface area contributed by atoms with Crippen molar-refractivity contribution in [3.63, 3.8) is 0 Å². The van der Waals surface area contributed by atoms with Gasteiger partial charge in [-0.2, -0.15) is 5.26 Å². The monoisotopic (exact) mass is 430 g/mol. The van der Waals surface area contributed by atoms with Gasteiger partial charge in [0.1, 0.15) is 11.3 Å². The van der Waals surface area contributed by atoms with E-state index in [4.69, 9.17) is 15.0 Å². The number of thiazole rings is 1. The Morgan fingerprint density at radius 2 is 1.90 bits per heavy atom. The zero-order valence-electron chi connectivity index (χ0n) is 16.6. The highest BCUT2D eigenvalue weighted by Gasteiger charge is 2.22. The van der Waals surface area contributed by atoms with Crippen molar-refractivity contribution in [3.8, 4) is 11.8 Å². The van der Waals surface area contributed by atoms with Crippen molar-refractivity contribution in [2.75, 3.05) is 39.2 Å². The number of hydrogen-bond acceptors (Lipinski definition) is 6. The molecule has 8 heteroatoms. The average molecular weight is 431 g/mol. The number of benzene rings is 2. The second-order valence-corrected chi connectivity index (χ2v) is 7.62. The van der Waals surface area contributed by atoms with Gasteiger partial charge < -0.3 is 9.64 Å². The number of nitrogens with zero attached hydrogens (tertiary/aromatic N) is 4. The number of nitriles is 1. The van der Waals surface area contributed by atoms with Gasteiger partial charge in [0.15, 0.2) is 5.13 Å². The lowest BCUT2D eigenvalue weighted by atomic mass is 10.1. The molecule has 0 fully saturated rings. The van der Waals surface area contributed by atoms with E-state index in [2.05, 4.69) is 11.0 Å². The van der Waals surface area contributed by atoms with Crippen LogP contribution in [0.3, 0.4) is 0 Å². The number of para-hydroxylation sites is 1. The maximum atomic E-state index is 13.2. The van der Waals surface area contributed by atoms with Crippen LogP contribution in [0.5, 0.6) is 5.75 Å². The lowest BCUT2D eigenvalue weighted by Gasteiger charge is -2.21. The molecular formula is C21H23ClN4O2S. The van der Waals surface area contributed by atoms with Crippen LogP contribution in [0.1, 0.15) is 22.3 Å². The van der Waals surface area contributed by atoms with Gasteiger partial charge in [-0.3, -0.25) is 9.69 Å². The van der Waals surface area contributed by atoms with Crippen molar-refractivity contribution >= 4 is 45.0 Å². The van der Waals surface area contributed by atoms with Crippen molar-refractivity contribution in [2.24, 2.45) is 0 Å². The number of hydrogen-bond donors (Lipinski definition) is 0. The summed E-state index contributed by atoms with van der Waals surface area (Å²) in [6.45, 7) is 1.42. The smallest absolute Gasteiger partial charge is 0.260 e. The maximum absolute atomic E-state index is 13.2. The summed E-state index contributed by atoms with van der Waals surface area (Å²) in [6.07, 6.45) is 0.822. The first-order valence-corrected chi connectivity index (χ1v) is 9.75. The van der Waals surface area contributed by atoms with Crippen LogP contribution in [0.2, 0.25) is 0 Å². The van der Waals surface area contributed by atoms with E-state index < -0.39 is 0 Å². The molecule has 152 valence electrons. The molecule has 0 aliphatic heterocycles. The zero-order chi connectivity index (χ0) is 20.1. The molecule has 0 atom stereocenters. The van der Waals surface area contributed by atoms with E-state index in [1.165, 1.54) is 11.3 Å². The van der Waals surface area contributed by atoms with Crippen LogP contribution < -0.4 is 9.64 Å². The van der Waals surface area contributed by atoms with Crippen LogP contribution in [0.15, 0.2) is 42.5 Å². The zero-order valence-corrected chi connectivity index (χ0v) is 18.2. The minimum Gasteiger partial charge on any atom is -0.494 e. The summed E-state index contributed by atoms with van der Waals surface area (Å²) in [5, 5.41) is 9.63. The summed E-state index contributed by atoms with van der Waals surface area (Å²) in [5.41, 5.74) is 1.82. The van der Waals surface area contributed by atoms with Crippen LogP contribution in [0.25, 0.3) is 10.2 Å². The predicted molar refractivity (Wildman–Crippen MR) is 119 cm³/mol. The summed E-state index contributed by atoms with van der Waals surface area (Å²) >= 11 is 1.47. The van der Waals surface area contributed by atoms with E-state index in [9.17, 15) is 4.79 Å². The summed E-state index contributed by atoms with van der Waals surface area (Å²) in [5.74, 6) is 0.570. The number of halogens is 1. The van der Waals surface area contributed by atoms with Crippen LogP contribution >= 0.6 is 23.7 Å². The standard InChI is InChI=1S/C21H22N4O2S.ClH/c1-24(2)12-5-13-25(20(26)16-10-8-15(14-22)9-11-16)21-23-19-17(27-3)6-4-7-18(19)28-21;/h4,6-11H,5,12-13H2,1-3H3;1H. The van der Waals surface area contributed by atoms with Crippen molar-refractivity contribution in [3.05, 3.63) is 53.6 Å². The molecule has 0 unspecified atom stereocenters. The SMILES string of the molecule is COc1cccc2sc(N(CCCN(C)C)C(=O)c3ccc(C#N)cc3)nc12.Cl. The number of fused-ring (bicyclic) bond motifs is 1. The van der Waals surface area contributed by atoms with Gasteiger partial charge in [-0.15, -0.1) is 12.4 Å². The maximum Gasteiger partial charge on any atom is 0.260 e. The van der Waals surface area contributed by atoms with Crippen molar-refractivity contribution in [1.82, 2.24) is 9.88 Å². The van der Waals surface area contributed by atoms with E-state index in [1.54, 1.807) is 36.3 Å². The molecule has 1 amide bonds. The summed E-state index contributed by atoms with van der Waals surface area (Å²) < 4.78 is 6.38. The minimum absolute atomic E-state index is 0. The van der Waals surface area contributed by atoms with E-state index >= 15 is 0 Å². The van der Waals surface area contributed by atoms with Crippen LogP contribution in [-0.4, -0.2) is 50.1 Å². The Balaban J connectivity index is 0.00000300. The van der Waals surface area contributed by atoms with Gasteiger partial charge in [-0.1, -0.05) is 17.4 Å². The number of aromatic nitrogens is 1. The molecule has 0 saturated carbocycles. The van der Waals surface area contributed by atoms with Crippen LogP contribution in [0, 0.1) is 11.3 Å². The summed E-state index contributed by atoms with van der Waals surface area (Å²) in [6, 6.07) is 14.5. The van der Waals surface area contributed by atoms with Gasteiger partial charge in [-0.25, -0.2) is 4.98 Å². The molecular weight excluding hydrogens is 408 g/mol. The molecule has 0 spiro atoms. The molecule has 0 bridgehead atoms. The second kappa shape index (κ2) is 10.2. The fourth-order valence-electron chi connectivity index (χ4n) is 2.86. The molecule has 3 rings (SSSR count). The largest absolute Gasteiger partial charge is 0.494 e. The quantitative estimate of drug-likeness (QED) is 0.562. The summed E-state index contributed by atoms with van der Waals surface area (Å²) in [4.78, 5) is 21.7. The molecule has 6 nitrogen and oxygen atoms in total. The first-order chi connectivity index (χ1) is 13.5. The van der Waals surface area contributed by atoms with E-state index in [0.29, 0.717) is 28.6 Å². The molecule has 0 radical (unpaired) electrons. The number of carbonyl (C=O) groups is 1. The highest BCUT2D eigenvalue weighted by atomic mass is 35.5. The second-order valence-electron chi connectivity index (χ2n) is 6.61. The molecule has 0 aliphatic carbocycles. The lowest BCUT2D eigenvalue weighted by Crippen LogP contribution is -2.33. The van der Waals surface area contributed by atoms with E-state index in [1.807, 2.05) is 32.3 Å². The fourth-order valence-corrected chi connectivity index (χ4v) is 3.87. The highest BCUT2D eigenvalue weighted by molar-refractivity contribution is 7.22. The molecule has 0 N–H and O–H groups in total. The Morgan fingerprint density at radius 1 is 1.17 bits per heavy atom. The molecule has 1 heterocycles. The van der Waals surface area contributed by atoms with Gasteiger partial charge in [-0.05, 0) is 63.5 Å². The number of amides is 1. The van der Waals surface area contributed by atoms with Crippen LogP contribution in [0.4, 0.5) is 5.13 Å². The third-order valence-corrected chi connectivity index (χ3v) is 5.36. The lowest BCUT2D eigenvalue weighted by molar-refractivity contribution is 0.0986. The number of carbonyl (C=O) groups excluding carboxylic acids is 1. The topological polar surface area (TPSA) is 69.5 Å². The van der Waals surface area contributed by atoms with Crippen molar-refractivity contribution in [2.45, 2.75) is 6.42 Å². The van der Waals surface area contributed by atoms with Crippen molar-refractivity contribution in [1.29, 1.82) is 5.26 Å². The third kappa shape index (κ3) is 5.24. The Bertz CT molecular complexity index is 1010. The predicted octanol–water partition coefficient (Wildman–Crippen LogP) is 4.20. The van der Waals surface area contributed by atoms with Gasteiger partial charge in [0.05, 0.1) is 23.4 Å². The van der Waals surface area contributed by atoms with Gasteiger partial charge in [0.2, 0.25) is 0 Å². The van der Waals surface area contributed by atoms with Gasteiger partial charge in [0.25, 0.3) is 5.91 Å². The average Bonchev–Trinajstić information content (AvgIpc) is 3.14. The molecule has 0 aliphatic rings. The fraction of sp³-hybridized carbons (Fsp3) is 0.286. The first-order valence-electron chi connectivity index (χ1n) is 8.94. The van der Waals surface area contributed by atoms with E-state index in [0.717, 1.165) is 23.2 Å². The summed E-state index contributed by atoms with van der Waals surface area (Å²) in [7, 11) is 5.63. The third-order valence-electron chi connectivity index (χ3n) is 4.31. The number of rotatable bonds is 7. The molecule has 0 saturated heterocycles. The Morgan fingerprint density at radius 3 is 2.52 bits per heavy atom. The molecule has 2 aromatic carbocycles. The number of anilines is 1. The molecule has 29 heavy (non-hydrogen) atoms. The Hall–Kier alpha value is -2.66. The van der Waals surface area contributed by atoms with Crippen molar-refractivity contribution < 1.29 is 9.53 Å². The Labute approximate surface area is 180 Å². The number of ether oxygens (including phenoxy) is 1. The van der Waals surface area contributed by atoms with Gasteiger partial charge >= 0.3 is 0 Å². The molecule has 1 aromatic heterocycles. The normalized spacial score (nSPS) is 10.4.